The van der Waals surface area contributed by atoms with Crippen molar-refractivity contribution >= 4 is 31.9 Å². The monoisotopic (exact) mass is 496 g/mol. The first-order valence-electron chi connectivity index (χ1n) is 6.69. The molecule has 0 spiro atoms. The second-order valence-electron chi connectivity index (χ2n) is 4.28. The van der Waals surface area contributed by atoms with E-state index >= 15 is 0 Å². The summed E-state index contributed by atoms with van der Waals surface area (Å²) >= 11 is 6.36. The van der Waals surface area contributed by atoms with Crippen molar-refractivity contribution in [2.45, 2.75) is 14.9 Å². The molecule has 6 nitrogen and oxygen atoms in total. The van der Waals surface area contributed by atoms with Gasteiger partial charge in [0.15, 0.2) is 13.6 Å². The molecule has 0 saturated heterocycles. The highest BCUT2D eigenvalue weighted by atomic mass is 79.9. The van der Waals surface area contributed by atoms with E-state index in [0.717, 1.165) is 4.47 Å². The molecular weight excluding hydrogens is 472 g/mol. The van der Waals surface area contributed by atoms with Crippen molar-refractivity contribution in [3.63, 3.8) is 0 Å². The minimum Gasteiger partial charge on any atom is -0.507 e. The topological polar surface area (TPSA) is 77.4 Å². The molecule has 148 valence electrons. The van der Waals surface area contributed by atoms with E-state index in [2.05, 4.69) is 31.9 Å². The van der Waals surface area contributed by atoms with Gasteiger partial charge in [-0.1, -0.05) is 27.0 Å². The molecule has 8 heteroatoms. The first-order chi connectivity index (χ1) is 11.5. The highest BCUT2D eigenvalue weighted by Gasteiger charge is 2.07. The normalized spacial score (nSPS) is 9.08. The van der Waals surface area contributed by atoms with Crippen LogP contribution in [0.5, 0.6) is 23.0 Å². The van der Waals surface area contributed by atoms with E-state index < -0.39 is 0 Å². The Morgan fingerprint density at radius 1 is 0.731 bits per heavy atom. The first-order valence-corrected chi connectivity index (χ1v) is 8.28. The number of halogens is 2. The Labute approximate surface area is 171 Å². The van der Waals surface area contributed by atoms with Gasteiger partial charge in [0, 0.05) is 14.2 Å². The van der Waals surface area contributed by atoms with Crippen molar-refractivity contribution in [2.75, 3.05) is 27.8 Å². The quantitative estimate of drug-likeness (QED) is 0.509. The minimum atomic E-state index is 0. The Kier molecular flexibility index (Phi) is 15.1. The molecule has 0 heterocycles. The molecule has 0 saturated carbocycles. The van der Waals surface area contributed by atoms with Crippen LogP contribution in [0.25, 0.3) is 0 Å². The lowest BCUT2D eigenvalue weighted by Crippen LogP contribution is -2.02. The predicted molar refractivity (Wildman–Crippen MR) is 110 cm³/mol. The van der Waals surface area contributed by atoms with Gasteiger partial charge in [-0.3, -0.25) is 0 Å². The number of hydrogen-bond donors (Lipinski definition) is 2. The van der Waals surface area contributed by atoms with E-state index in [1.165, 1.54) is 12.1 Å². The molecule has 2 aromatic rings. The number of benzene rings is 2. The molecule has 0 radical (unpaired) electrons. The van der Waals surface area contributed by atoms with Gasteiger partial charge < -0.3 is 29.2 Å². The van der Waals surface area contributed by atoms with Gasteiger partial charge in [-0.15, -0.1) is 0 Å². The maximum absolute atomic E-state index is 8.89. The highest BCUT2D eigenvalue weighted by Crippen LogP contribution is 2.34. The molecule has 0 aliphatic rings. The second kappa shape index (κ2) is 14.7. The van der Waals surface area contributed by atoms with E-state index in [1.807, 2.05) is 18.2 Å². The number of methoxy groups -OCH3 is 2. The Bertz CT molecular complexity index is 591. The van der Waals surface area contributed by atoms with Crippen LogP contribution in [0.15, 0.2) is 45.3 Å². The summed E-state index contributed by atoms with van der Waals surface area (Å²) < 4.78 is 21.3. The summed E-state index contributed by atoms with van der Waals surface area (Å²) in [5, 5.41) is 17.8. The lowest BCUT2D eigenvalue weighted by Gasteiger charge is -2.11. The maximum atomic E-state index is 8.89. The van der Waals surface area contributed by atoms with Crippen molar-refractivity contribution in [1.29, 1.82) is 0 Å². The van der Waals surface area contributed by atoms with E-state index in [4.69, 9.17) is 29.2 Å². The third kappa shape index (κ3) is 8.75. The molecule has 2 rings (SSSR count). The zero-order chi connectivity index (χ0) is 17.9. The lowest BCUT2D eigenvalue weighted by atomic mass is 10.3. The van der Waals surface area contributed by atoms with Gasteiger partial charge in [-0.05, 0) is 56.1 Å². The van der Waals surface area contributed by atoms with Gasteiger partial charge >= 0.3 is 0 Å². The van der Waals surface area contributed by atoms with Crippen LogP contribution in [-0.4, -0.2) is 38.0 Å². The standard InChI is InChI=1S/C10H13BrO4.C6H5BrO2.2CH4/c1-12-6-14-8-4-3-5-9(10(8)11)15-7-13-2;7-6-4(8)2-1-3-5(6)9;;/h3-5H,6-7H2,1-2H3;1-3,8-9H;2*1H4. The summed E-state index contributed by atoms with van der Waals surface area (Å²) in [6, 6.07) is 10.0. The van der Waals surface area contributed by atoms with Crippen LogP contribution in [0, 0.1) is 0 Å². The van der Waals surface area contributed by atoms with Crippen LogP contribution in [-0.2, 0) is 9.47 Å². The second-order valence-corrected chi connectivity index (χ2v) is 5.87. The van der Waals surface area contributed by atoms with Gasteiger partial charge in [-0.25, -0.2) is 0 Å². The number of hydrogen-bond acceptors (Lipinski definition) is 6. The largest absolute Gasteiger partial charge is 0.507 e. The molecule has 0 atom stereocenters. The van der Waals surface area contributed by atoms with Gasteiger partial charge in [0.2, 0.25) is 0 Å². The zero-order valence-electron chi connectivity index (χ0n) is 13.2. The van der Waals surface area contributed by atoms with E-state index in [1.54, 1.807) is 20.3 Å². The minimum absolute atomic E-state index is 0. The molecule has 2 N–H and O–H groups in total. The summed E-state index contributed by atoms with van der Waals surface area (Å²) in [6.07, 6.45) is 0. The first kappa shape index (κ1) is 26.7. The molecule has 0 unspecified atom stereocenters. The Hall–Kier alpha value is -1.48. The van der Waals surface area contributed by atoms with Crippen molar-refractivity contribution in [2.24, 2.45) is 0 Å². The maximum Gasteiger partial charge on any atom is 0.188 e. The third-order valence-corrected chi connectivity index (χ3v) is 4.14. The fourth-order valence-electron chi connectivity index (χ4n) is 1.47. The van der Waals surface area contributed by atoms with Crippen molar-refractivity contribution in [3.8, 4) is 23.0 Å². The summed E-state index contributed by atoms with van der Waals surface area (Å²) in [6.45, 7) is 0.401. The lowest BCUT2D eigenvalue weighted by molar-refractivity contribution is 0.0450. The molecule has 0 aliphatic heterocycles. The Morgan fingerprint density at radius 2 is 1.12 bits per heavy atom. The van der Waals surface area contributed by atoms with Crippen molar-refractivity contribution in [1.82, 2.24) is 0 Å². The molecule has 26 heavy (non-hydrogen) atoms. The molecule has 0 amide bonds. The Morgan fingerprint density at radius 3 is 1.46 bits per heavy atom. The van der Waals surface area contributed by atoms with Gasteiger partial charge in [0.05, 0.1) is 0 Å². The van der Waals surface area contributed by atoms with Crippen molar-refractivity contribution < 1.29 is 29.2 Å². The summed E-state index contributed by atoms with van der Waals surface area (Å²) in [5.74, 6) is 1.45. The van der Waals surface area contributed by atoms with E-state index in [-0.39, 0.29) is 39.9 Å². The smallest absolute Gasteiger partial charge is 0.188 e. The number of phenols is 2. The molecule has 0 aliphatic carbocycles. The number of aromatic hydroxyl groups is 2. The van der Waals surface area contributed by atoms with E-state index in [9.17, 15) is 0 Å². The van der Waals surface area contributed by atoms with Crippen LogP contribution in [0.4, 0.5) is 0 Å². The highest BCUT2D eigenvalue weighted by molar-refractivity contribution is 9.11. The van der Waals surface area contributed by atoms with Gasteiger partial charge in [0.1, 0.15) is 31.9 Å². The molecule has 0 bridgehead atoms. The fraction of sp³-hybridized carbons (Fsp3) is 0.333. The zero-order valence-corrected chi connectivity index (χ0v) is 16.3. The summed E-state index contributed by atoms with van der Waals surface area (Å²) in [7, 11) is 3.14. The summed E-state index contributed by atoms with van der Waals surface area (Å²) in [5.41, 5.74) is 0. The average Bonchev–Trinajstić information content (AvgIpc) is 2.58. The number of rotatable bonds is 6. The number of phenolic OH excluding ortho intramolecular Hbond substituents is 2. The van der Waals surface area contributed by atoms with Gasteiger partial charge in [-0.2, -0.15) is 0 Å². The molecule has 0 fully saturated rings. The Balaban J connectivity index is 0. The van der Waals surface area contributed by atoms with Crippen LogP contribution in [0.2, 0.25) is 0 Å². The van der Waals surface area contributed by atoms with E-state index in [0.29, 0.717) is 16.0 Å². The average molecular weight is 498 g/mol. The summed E-state index contributed by atoms with van der Waals surface area (Å²) in [4.78, 5) is 0. The SMILES string of the molecule is C.C.COCOc1cccc(OCOC)c1Br.Oc1cccc(O)c1Br. The van der Waals surface area contributed by atoms with Crippen LogP contribution < -0.4 is 9.47 Å². The number of ether oxygens (including phenoxy) is 4. The molecule has 0 aromatic heterocycles. The predicted octanol–water partition coefficient (Wildman–Crippen LogP) is 5.55. The third-order valence-electron chi connectivity index (χ3n) is 2.55. The van der Waals surface area contributed by atoms with Crippen LogP contribution in [0.1, 0.15) is 14.9 Å². The van der Waals surface area contributed by atoms with Crippen LogP contribution >= 0.6 is 31.9 Å². The van der Waals surface area contributed by atoms with Crippen molar-refractivity contribution in [3.05, 3.63) is 45.3 Å². The van der Waals surface area contributed by atoms with Gasteiger partial charge in [0.25, 0.3) is 0 Å². The molecular formula is C18H26Br2O6. The fourth-order valence-corrected chi connectivity index (χ4v) is 2.22. The molecule has 2 aromatic carbocycles. The van der Waals surface area contributed by atoms with Crippen LogP contribution in [0.3, 0.4) is 0 Å².